The van der Waals surface area contributed by atoms with E-state index in [1.165, 1.54) is 11.3 Å². The van der Waals surface area contributed by atoms with Crippen molar-refractivity contribution in [1.29, 1.82) is 0 Å². The molecule has 1 atom stereocenters. The highest BCUT2D eigenvalue weighted by molar-refractivity contribution is 5.47. The maximum atomic E-state index is 6.08. The van der Waals surface area contributed by atoms with Gasteiger partial charge in [0.05, 0.1) is 0 Å². The van der Waals surface area contributed by atoms with Gasteiger partial charge >= 0.3 is 0 Å². The Morgan fingerprint density at radius 2 is 1.62 bits per heavy atom. The van der Waals surface area contributed by atoms with Crippen molar-refractivity contribution < 1.29 is 0 Å². The van der Waals surface area contributed by atoms with Crippen LogP contribution < -0.4 is 10.6 Å². The number of nitrogens with two attached hydrogens (primary N) is 1. The molecule has 0 radical (unpaired) electrons. The standard InChI is InChI=1S/C14H24N2/c1-4-7-14(15)12-8-10-13(11-9-12)16(5-2)6-3/h8-11,14H,4-7,15H2,1-3H3/t14-/m1/s1. The topological polar surface area (TPSA) is 29.3 Å². The van der Waals surface area contributed by atoms with Crippen LogP contribution in [0.3, 0.4) is 0 Å². The quantitative estimate of drug-likeness (QED) is 0.796. The molecular weight excluding hydrogens is 196 g/mol. The van der Waals surface area contributed by atoms with Crippen LogP contribution in [-0.2, 0) is 0 Å². The summed E-state index contributed by atoms with van der Waals surface area (Å²) in [4.78, 5) is 2.34. The van der Waals surface area contributed by atoms with E-state index in [1.807, 2.05) is 0 Å². The lowest BCUT2D eigenvalue weighted by atomic mass is 10.0. The lowest BCUT2D eigenvalue weighted by Gasteiger charge is -2.21. The maximum absolute atomic E-state index is 6.08. The fraction of sp³-hybridized carbons (Fsp3) is 0.571. The minimum atomic E-state index is 0.191. The second kappa shape index (κ2) is 6.54. The number of benzene rings is 1. The number of hydrogen-bond donors (Lipinski definition) is 1. The second-order valence-corrected chi connectivity index (χ2v) is 4.16. The molecule has 0 saturated carbocycles. The highest BCUT2D eigenvalue weighted by atomic mass is 15.1. The molecular formula is C14H24N2. The molecule has 1 aromatic carbocycles. The van der Waals surface area contributed by atoms with Crippen LogP contribution in [0.4, 0.5) is 5.69 Å². The average molecular weight is 220 g/mol. The van der Waals surface area contributed by atoms with E-state index in [2.05, 4.69) is 49.9 Å². The average Bonchev–Trinajstić information content (AvgIpc) is 2.32. The molecule has 1 aromatic rings. The Labute approximate surface area is 99.5 Å². The molecule has 16 heavy (non-hydrogen) atoms. The van der Waals surface area contributed by atoms with Crippen molar-refractivity contribution in [1.82, 2.24) is 0 Å². The van der Waals surface area contributed by atoms with Gasteiger partial charge in [0.2, 0.25) is 0 Å². The lowest BCUT2D eigenvalue weighted by molar-refractivity contribution is 0.638. The zero-order valence-corrected chi connectivity index (χ0v) is 10.7. The van der Waals surface area contributed by atoms with Crippen molar-refractivity contribution in [2.75, 3.05) is 18.0 Å². The molecule has 2 heteroatoms. The molecule has 1 rings (SSSR count). The van der Waals surface area contributed by atoms with E-state index in [0.29, 0.717) is 0 Å². The molecule has 0 aromatic heterocycles. The van der Waals surface area contributed by atoms with E-state index in [0.717, 1.165) is 25.9 Å². The Kier molecular flexibility index (Phi) is 5.33. The summed E-state index contributed by atoms with van der Waals surface area (Å²) in [6.45, 7) is 8.64. The Morgan fingerprint density at radius 1 is 1.06 bits per heavy atom. The van der Waals surface area contributed by atoms with Crippen molar-refractivity contribution in [3.63, 3.8) is 0 Å². The van der Waals surface area contributed by atoms with Crippen LogP contribution in [0.5, 0.6) is 0 Å². The molecule has 0 amide bonds. The molecule has 0 fully saturated rings. The van der Waals surface area contributed by atoms with Crippen LogP contribution >= 0.6 is 0 Å². The summed E-state index contributed by atoms with van der Waals surface area (Å²) in [7, 11) is 0. The maximum Gasteiger partial charge on any atom is 0.0366 e. The van der Waals surface area contributed by atoms with Gasteiger partial charge in [0.1, 0.15) is 0 Å². The van der Waals surface area contributed by atoms with Gasteiger partial charge in [-0.15, -0.1) is 0 Å². The predicted molar refractivity (Wildman–Crippen MR) is 71.8 cm³/mol. The second-order valence-electron chi connectivity index (χ2n) is 4.16. The van der Waals surface area contributed by atoms with Crippen LogP contribution in [0.1, 0.15) is 45.2 Å². The Balaban J connectivity index is 2.74. The minimum Gasteiger partial charge on any atom is -0.372 e. The highest BCUT2D eigenvalue weighted by Gasteiger charge is 2.06. The summed E-state index contributed by atoms with van der Waals surface area (Å²) in [5.41, 5.74) is 8.62. The van der Waals surface area contributed by atoms with Gasteiger partial charge in [0.15, 0.2) is 0 Å². The number of nitrogens with zero attached hydrogens (tertiary/aromatic N) is 1. The molecule has 0 aliphatic carbocycles. The summed E-state index contributed by atoms with van der Waals surface area (Å²) in [6.07, 6.45) is 2.20. The van der Waals surface area contributed by atoms with Gasteiger partial charge in [0, 0.05) is 24.8 Å². The summed E-state index contributed by atoms with van der Waals surface area (Å²) < 4.78 is 0. The predicted octanol–water partition coefficient (Wildman–Crippen LogP) is 3.33. The van der Waals surface area contributed by atoms with Gasteiger partial charge in [-0.25, -0.2) is 0 Å². The van der Waals surface area contributed by atoms with E-state index in [1.54, 1.807) is 0 Å². The summed E-state index contributed by atoms with van der Waals surface area (Å²) >= 11 is 0. The first-order valence-corrected chi connectivity index (χ1v) is 6.33. The number of anilines is 1. The zero-order chi connectivity index (χ0) is 12.0. The molecule has 0 saturated heterocycles. The molecule has 0 unspecified atom stereocenters. The zero-order valence-electron chi connectivity index (χ0n) is 10.7. The number of rotatable bonds is 6. The van der Waals surface area contributed by atoms with Gasteiger partial charge < -0.3 is 10.6 Å². The first-order valence-electron chi connectivity index (χ1n) is 6.33. The molecule has 90 valence electrons. The fourth-order valence-electron chi connectivity index (χ4n) is 2.00. The van der Waals surface area contributed by atoms with E-state index in [9.17, 15) is 0 Å². The Bertz CT molecular complexity index is 288. The van der Waals surface area contributed by atoms with Crippen molar-refractivity contribution in [2.24, 2.45) is 5.73 Å². The van der Waals surface area contributed by atoms with Crippen LogP contribution in [0.25, 0.3) is 0 Å². The van der Waals surface area contributed by atoms with Crippen molar-refractivity contribution in [3.05, 3.63) is 29.8 Å². The molecule has 0 spiro atoms. The van der Waals surface area contributed by atoms with E-state index >= 15 is 0 Å². The van der Waals surface area contributed by atoms with E-state index in [4.69, 9.17) is 5.73 Å². The van der Waals surface area contributed by atoms with Gasteiger partial charge in [-0.3, -0.25) is 0 Å². The fourth-order valence-corrected chi connectivity index (χ4v) is 2.00. The van der Waals surface area contributed by atoms with Crippen LogP contribution in [0.15, 0.2) is 24.3 Å². The van der Waals surface area contributed by atoms with Gasteiger partial charge in [0.25, 0.3) is 0 Å². The number of hydrogen-bond acceptors (Lipinski definition) is 2. The normalized spacial score (nSPS) is 12.5. The molecule has 2 N–H and O–H groups in total. The SMILES string of the molecule is CCC[C@@H](N)c1ccc(N(CC)CC)cc1. The molecule has 2 nitrogen and oxygen atoms in total. The minimum absolute atomic E-state index is 0.191. The van der Waals surface area contributed by atoms with E-state index < -0.39 is 0 Å². The Hall–Kier alpha value is -1.02. The van der Waals surface area contributed by atoms with Crippen molar-refractivity contribution in [3.8, 4) is 0 Å². The van der Waals surface area contributed by atoms with Gasteiger partial charge in [-0.05, 0) is 38.0 Å². The molecule has 0 aliphatic heterocycles. The third-order valence-corrected chi connectivity index (χ3v) is 3.05. The third kappa shape index (κ3) is 3.24. The molecule has 0 aliphatic rings. The third-order valence-electron chi connectivity index (χ3n) is 3.05. The Morgan fingerprint density at radius 3 is 2.06 bits per heavy atom. The largest absolute Gasteiger partial charge is 0.372 e. The molecule has 0 bridgehead atoms. The highest BCUT2D eigenvalue weighted by Crippen LogP contribution is 2.20. The monoisotopic (exact) mass is 220 g/mol. The first kappa shape index (κ1) is 13.0. The van der Waals surface area contributed by atoms with Gasteiger partial charge in [-0.1, -0.05) is 25.5 Å². The van der Waals surface area contributed by atoms with Crippen molar-refractivity contribution >= 4 is 5.69 Å². The van der Waals surface area contributed by atoms with Crippen molar-refractivity contribution in [2.45, 2.75) is 39.7 Å². The summed E-state index contributed by atoms with van der Waals surface area (Å²) in [5, 5.41) is 0. The van der Waals surface area contributed by atoms with Crippen LogP contribution in [0, 0.1) is 0 Å². The summed E-state index contributed by atoms with van der Waals surface area (Å²) in [5.74, 6) is 0. The van der Waals surface area contributed by atoms with Crippen LogP contribution in [0.2, 0.25) is 0 Å². The lowest BCUT2D eigenvalue weighted by Crippen LogP contribution is -2.21. The first-order chi connectivity index (χ1) is 7.72. The van der Waals surface area contributed by atoms with Gasteiger partial charge in [-0.2, -0.15) is 0 Å². The smallest absolute Gasteiger partial charge is 0.0366 e. The van der Waals surface area contributed by atoms with E-state index in [-0.39, 0.29) is 6.04 Å². The summed E-state index contributed by atoms with van der Waals surface area (Å²) in [6, 6.07) is 8.87. The molecule has 0 heterocycles. The van der Waals surface area contributed by atoms with Crippen LogP contribution in [-0.4, -0.2) is 13.1 Å².